The third-order valence-electron chi connectivity index (χ3n) is 4.16. The molecule has 1 fully saturated rings. The van der Waals surface area contributed by atoms with Gasteiger partial charge in [-0.2, -0.15) is 0 Å². The van der Waals surface area contributed by atoms with Crippen molar-refractivity contribution in [3.63, 3.8) is 0 Å². The van der Waals surface area contributed by atoms with Crippen LogP contribution in [0.4, 0.5) is 0 Å². The van der Waals surface area contributed by atoms with E-state index in [1.807, 2.05) is 32.0 Å². The predicted octanol–water partition coefficient (Wildman–Crippen LogP) is 3.74. The lowest BCUT2D eigenvalue weighted by Gasteiger charge is -2.42. The number of ketones is 1. The summed E-state index contributed by atoms with van der Waals surface area (Å²) < 4.78 is 11.4. The van der Waals surface area contributed by atoms with E-state index < -0.39 is 0 Å². The summed E-state index contributed by atoms with van der Waals surface area (Å²) in [5.74, 6) is 1.95. The molecule has 0 spiro atoms. The number of benzene rings is 1. The third kappa shape index (κ3) is 2.54. The highest BCUT2D eigenvalue weighted by molar-refractivity contribution is 5.91. The Morgan fingerprint density at radius 1 is 1.25 bits per heavy atom. The van der Waals surface area contributed by atoms with Crippen LogP contribution in [0.15, 0.2) is 18.2 Å². The summed E-state index contributed by atoms with van der Waals surface area (Å²) in [6.07, 6.45) is 0.465. The van der Waals surface area contributed by atoms with E-state index in [0.29, 0.717) is 6.42 Å². The number of carbonyl (C=O) groups is 1. The normalized spacial score (nSPS) is 21.3. The number of ether oxygens (including phenoxy) is 2. The van der Waals surface area contributed by atoms with Gasteiger partial charge in [0.2, 0.25) is 0 Å². The zero-order valence-corrected chi connectivity index (χ0v) is 13.2. The van der Waals surface area contributed by atoms with Crippen molar-refractivity contribution < 1.29 is 14.3 Å². The summed E-state index contributed by atoms with van der Waals surface area (Å²) in [7, 11) is 1.66. The first-order valence-electron chi connectivity index (χ1n) is 7.04. The summed E-state index contributed by atoms with van der Waals surface area (Å²) in [6.45, 7) is 10.3. The Hall–Kier alpha value is -1.51. The summed E-state index contributed by atoms with van der Waals surface area (Å²) in [4.78, 5) is 11.6. The first-order chi connectivity index (χ1) is 9.16. The first-order valence-corrected chi connectivity index (χ1v) is 7.04. The van der Waals surface area contributed by atoms with Gasteiger partial charge in [0.05, 0.1) is 12.5 Å². The van der Waals surface area contributed by atoms with Crippen LogP contribution in [-0.2, 0) is 10.2 Å². The topological polar surface area (TPSA) is 35.5 Å². The van der Waals surface area contributed by atoms with Crippen LogP contribution in [0.5, 0.6) is 11.5 Å². The molecule has 1 atom stereocenters. The maximum Gasteiger partial charge on any atom is 0.145 e. The van der Waals surface area contributed by atoms with Gasteiger partial charge in [-0.3, -0.25) is 4.79 Å². The smallest absolute Gasteiger partial charge is 0.145 e. The van der Waals surface area contributed by atoms with E-state index in [0.717, 1.165) is 17.1 Å². The first kappa shape index (κ1) is 14.9. The number of rotatable bonds is 3. The molecule has 110 valence electrons. The molecule has 3 heteroatoms. The van der Waals surface area contributed by atoms with Crippen molar-refractivity contribution in [2.45, 2.75) is 52.6 Å². The molecule has 3 nitrogen and oxygen atoms in total. The van der Waals surface area contributed by atoms with Gasteiger partial charge < -0.3 is 9.47 Å². The van der Waals surface area contributed by atoms with Crippen molar-refractivity contribution in [2.24, 2.45) is 5.41 Å². The van der Waals surface area contributed by atoms with Gasteiger partial charge in [0, 0.05) is 12.0 Å². The Labute approximate surface area is 121 Å². The minimum atomic E-state index is -0.380. The van der Waals surface area contributed by atoms with Crippen molar-refractivity contribution in [1.82, 2.24) is 0 Å². The number of methoxy groups -OCH3 is 1. The minimum absolute atomic E-state index is 0.0375. The molecule has 1 aromatic carbocycles. The third-order valence-corrected chi connectivity index (χ3v) is 4.16. The van der Waals surface area contributed by atoms with E-state index in [2.05, 4.69) is 20.8 Å². The molecule has 1 aliphatic rings. The van der Waals surface area contributed by atoms with Gasteiger partial charge in [0.25, 0.3) is 0 Å². The fourth-order valence-electron chi connectivity index (χ4n) is 2.40. The lowest BCUT2D eigenvalue weighted by atomic mass is 9.68. The summed E-state index contributed by atoms with van der Waals surface area (Å²) in [5.41, 5.74) is 0.684. The quantitative estimate of drug-likeness (QED) is 0.843. The second kappa shape index (κ2) is 4.80. The molecule has 0 aliphatic heterocycles. The van der Waals surface area contributed by atoms with Crippen LogP contribution >= 0.6 is 0 Å². The molecule has 1 aliphatic carbocycles. The standard InChI is InChI=1S/C17H24O3/c1-16(2,3)12-9-11(19-6)7-8-13(12)20-15-10-14(18)17(15,4)5/h7-9,15H,10H2,1-6H3. The van der Waals surface area contributed by atoms with Crippen LogP contribution in [0.25, 0.3) is 0 Å². The Morgan fingerprint density at radius 3 is 2.35 bits per heavy atom. The SMILES string of the molecule is COc1ccc(OC2CC(=O)C2(C)C)c(C(C)(C)C)c1. The second-order valence-electron chi connectivity index (χ2n) is 7.07. The average molecular weight is 276 g/mol. The van der Waals surface area contributed by atoms with E-state index in [1.165, 1.54) is 0 Å². The molecule has 1 aromatic rings. The molecular weight excluding hydrogens is 252 g/mol. The van der Waals surface area contributed by atoms with E-state index >= 15 is 0 Å². The highest BCUT2D eigenvalue weighted by atomic mass is 16.5. The van der Waals surface area contributed by atoms with Gasteiger partial charge in [-0.1, -0.05) is 20.8 Å². The summed E-state index contributed by atoms with van der Waals surface area (Å²) >= 11 is 0. The minimum Gasteiger partial charge on any atom is -0.497 e. The van der Waals surface area contributed by atoms with Crippen molar-refractivity contribution in [3.8, 4) is 11.5 Å². The highest BCUT2D eigenvalue weighted by Crippen LogP contribution is 2.42. The molecule has 0 aromatic heterocycles. The fraction of sp³-hybridized carbons (Fsp3) is 0.588. The lowest BCUT2D eigenvalue weighted by molar-refractivity contribution is -0.148. The van der Waals surface area contributed by atoms with Gasteiger partial charge in [-0.15, -0.1) is 0 Å². The van der Waals surface area contributed by atoms with E-state index in [4.69, 9.17) is 9.47 Å². The van der Waals surface area contributed by atoms with E-state index in [9.17, 15) is 4.79 Å². The molecule has 0 radical (unpaired) electrons. The van der Waals surface area contributed by atoms with Gasteiger partial charge in [-0.05, 0) is 37.5 Å². The lowest BCUT2D eigenvalue weighted by Crippen LogP contribution is -2.53. The van der Waals surface area contributed by atoms with Crippen LogP contribution in [0.1, 0.15) is 46.6 Å². The zero-order chi connectivity index (χ0) is 15.1. The number of hydrogen-bond acceptors (Lipinski definition) is 3. The molecular formula is C17H24O3. The zero-order valence-electron chi connectivity index (χ0n) is 13.2. The largest absolute Gasteiger partial charge is 0.497 e. The highest BCUT2D eigenvalue weighted by Gasteiger charge is 2.49. The molecule has 0 N–H and O–H groups in total. The maximum absolute atomic E-state index is 11.6. The van der Waals surface area contributed by atoms with Crippen LogP contribution in [0, 0.1) is 5.41 Å². The van der Waals surface area contributed by atoms with Crippen LogP contribution < -0.4 is 9.47 Å². The van der Waals surface area contributed by atoms with E-state index in [1.54, 1.807) is 7.11 Å². The molecule has 2 rings (SSSR count). The van der Waals surface area contributed by atoms with Gasteiger partial charge >= 0.3 is 0 Å². The summed E-state index contributed by atoms with van der Waals surface area (Å²) in [6, 6.07) is 5.86. The number of hydrogen-bond donors (Lipinski definition) is 0. The predicted molar refractivity (Wildman–Crippen MR) is 79.5 cm³/mol. The second-order valence-corrected chi connectivity index (χ2v) is 7.07. The monoisotopic (exact) mass is 276 g/mol. The van der Waals surface area contributed by atoms with E-state index in [-0.39, 0.29) is 22.7 Å². The van der Waals surface area contributed by atoms with Crippen molar-refractivity contribution in [1.29, 1.82) is 0 Å². The van der Waals surface area contributed by atoms with Gasteiger partial charge in [-0.25, -0.2) is 0 Å². The molecule has 20 heavy (non-hydrogen) atoms. The fourth-order valence-corrected chi connectivity index (χ4v) is 2.40. The van der Waals surface area contributed by atoms with Crippen molar-refractivity contribution in [2.75, 3.05) is 7.11 Å². The Bertz CT molecular complexity index is 524. The molecule has 0 saturated heterocycles. The average Bonchev–Trinajstić information content (AvgIpc) is 2.37. The Morgan fingerprint density at radius 2 is 1.90 bits per heavy atom. The number of Topliss-reactive ketones (excluding diaryl/α,β-unsaturated/α-hetero) is 1. The van der Waals surface area contributed by atoms with Gasteiger partial charge in [0.15, 0.2) is 0 Å². The van der Waals surface area contributed by atoms with Crippen LogP contribution in [0.2, 0.25) is 0 Å². The van der Waals surface area contributed by atoms with Gasteiger partial charge in [0.1, 0.15) is 23.4 Å². The Balaban J connectivity index is 2.30. The number of carbonyl (C=O) groups excluding carboxylic acids is 1. The maximum atomic E-state index is 11.6. The Kier molecular flexibility index (Phi) is 3.57. The van der Waals surface area contributed by atoms with Crippen LogP contribution in [0.3, 0.4) is 0 Å². The van der Waals surface area contributed by atoms with Crippen LogP contribution in [-0.4, -0.2) is 19.0 Å². The molecule has 0 amide bonds. The van der Waals surface area contributed by atoms with Crippen molar-refractivity contribution in [3.05, 3.63) is 23.8 Å². The molecule has 0 bridgehead atoms. The molecule has 0 heterocycles. The molecule has 1 saturated carbocycles. The van der Waals surface area contributed by atoms with Crippen molar-refractivity contribution >= 4 is 5.78 Å². The summed E-state index contributed by atoms with van der Waals surface area (Å²) in [5, 5.41) is 0. The molecule has 1 unspecified atom stereocenters.